The highest BCUT2D eigenvalue weighted by Gasteiger charge is 2.26. The number of rotatable bonds is 6. The lowest BCUT2D eigenvalue weighted by Gasteiger charge is -2.21. The van der Waals surface area contributed by atoms with Gasteiger partial charge in [0.2, 0.25) is 14.9 Å². The molecule has 1 amide bonds. The largest absolute Gasteiger partial charge is 0.439 e. The van der Waals surface area contributed by atoms with Crippen molar-refractivity contribution in [1.82, 2.24) is 0 Å². The van der Waals surface area contributed by atoms with Gasteiger partial charge in [0.05, 0.1) is 11.4 Å². The number of aryl methyl sites for hydroxylation is 1. The Labute approximate surface area is 189 Å². The lowest BCUT2D eigenvalue weighted by molar-refractivity contribution is 0.0953. The third-order valence-corrected chi connectivity index (χ3v) is 7.42. The Morgan fingerprint density at radius 2 is 1.71 bits per heavy atom. The molecule has 0 fully saturated rings. The molecule has 4 rings (SSSR count). The van der Waals surface area contributed by atoms with Crippen molar-refractivity contribution in [2.45, 2.75) is 23.5 Å². The van der Waals surface area contributed by atoms with Gasteiger partial charge >= 0.3 is 0 Å². The van der Waals surface area contributed by atoms with E-state index in [1.54, 1.807) is 36.4 Å². The average molecular weight is 472 g/mol. The molecule has 0 bridgehead atoms. The van der Waals surface area contributed by atoms with E-state index in [4.69, 9.17) is 16.0 Å². The zero-order chi connectivity index (χ0) is 22.0. The smallest absolute Gasteiger partial charge is 0.294 e. The van der Waals surface area contributed by atoms with Gasteiger partial charge in [-0.05, 0) is 66.9 Å². The second-order valence-electron chi connectivity index (χ2n) is 6.88. The molecule has 0 saturated carbocycles. The monoisotopic (exact) mass is 471 g/mol. The summed E-state index contributed by atoms with van der Waals surface area (Å²) in [6.07, 6.45) is 0. The van der Waals surface area contributed by atoms with E-state index in [0.717, 1.165) is 10.4 Å². The Morgan fingerprint density at radius 1 is 1.00 bits per heavy atom. The van der Waals surface area contributed by atoms with Crippen molar-refractivity contribution < 1.29 is 17.6 Å². The molecule has 4 aromatic rings. The van der Waals surface area contributed by atoms with Gasteiger partial charge in [-0.15, -0.1) is 11.3 Å². The quantitative estimate of drug-likeness (QED) is 0.346. The van der Waals surface area contributed by atoms with Crippen LogP contribution in [0.5, 0.6) is 0 Å². The van der Waals surface area contributed by atoms with E-state index in [1.807, 2.05) is 24.4 Å². The maximum absolute atomic E-state index is 13.3. The molecule has 0 aliphatic carbocycles. The SMILES string of the molecule is Cc1ccc(S(=O)(=O)c2ccc(C(=O)N(Cc3cccs3)c3ccc(Cl)cc3)o2)cc1. The van der Waals surface area contributed by atoms with Crippen molar-refractivity contribution in [2.24, 2.45) is 0 Å². The summed E-state index contributed by atoms with van der Waals surface area (Å²) in [5, 5.41) is 2.21. The fourth-order valence-corrected chi connectivity index (χ4v) is 5.00. The molecule has 2 aromatic carbocycles. The number of hydrogen-bond donors (Lipinski definition) is 0. The minimum atomic E-state index is -3.87. The van der Waals surface area contributed by atoms with Crippen molar-refractivity contribution in [3.63, 3.8) is 0 Å². The number of carbonyl (C=O) groups is 1. The standard InChI is InChI=1S/C23H18ClNO4S2/c1-16-4-10-20(11-5-16)31(27,28)22-13-12-21(29-22)23(26)25(15-19-3-2-14-30-19)18-8-6-17(24)7-9-18/h2-14H,15H2,1H3. The highest BCUT2D eigenvalue weighted by molar-refractivity contribution is 7.91. The van der Waals surface area contributed by atoms with Crippen molar-refractivity contribution in [3.8, 4) is 0 Å². The molecule has 0 atom stereocenters. The van der Waals surface area contributed by atoms with Gasteiger partial charge in [-0.3, -0.25) is 4.79 Å². The number of benzene rings is 2. The predicted octanol–water partition coefficient (Wildman–Crippen LogP) is 5.98. The topological polar surface area (TPSA) is 67.6 Å². The lowest BCUT2D eigenvalue weighted by Crippen LogP contribution is -2.29. The number of carbonyl (C=O) groups excluding carboxylic acids is 1. The lowest BCUT2D eigenvalue weighted by atomic mass is 10.2. The minimum absolute atomic E-state index is 0.0582. The maximum Gasteiger partial charge on any atom is 0.294 e. The average Bonchev–Trinajstić information content (AvgIpc) is 3.45. The molecule has 0 aliphatic rings. The fraction of sp³-hybridized carbons (Fsp3) is 0.0870. The van der Waals surface area contributed by atoms with Crippen LogP contribution in [-0.4, -0.2) is 14.3 Å². The van der Waals surface area contributed by atoms with Crippen LogP contribution in [0, 0.1) is 6.92 Å². The number of thiophene rings is 1. The first-order valence-electron chi connectivity index (χ1n) is 9.36. The Balaban J connectivity index is 1.67. The minimum Gasteiger partial charge on any atom is -0.439 e. The summed E-state index contributed by atoms with van der Waals surface area (Å²) in [6.45, 7) is 2.19. The van der Waals surface area contributed by atoms with Gasteiger partial charge in [0.25, 0.3) is 5.91 Å². The highest BCUT2D eigenvalue weighted by Crippen LogP contribution is 2.27. The van der Waals surface area contributed by atoms with Crippen LogP contribution < -0.4 is 4.90 Å². The summed E-state index contributed by atoms with van der Waals surface area (Å²) in [6, 6.07) is 19.9. The van der Waals surface area contributed by atoms with Crippen LogP contribution in [0.25, 0.3) is 0 Å². The summed E-state index contributed by atoms with van der Waals surface area (Å²) in [5.74, 6) is -0.502. The van der Waals surface area contributed by atoms with Crippen molar-refractivity contribution in [3.05, 3.63) is 99.4 Å². The van der Waals surface area contributed by atoms with Crippen molar-refractivity contribution in [1.29, 1.82) is 0 Å². The van der Waals surface area contributed by atoms with Crippen molar-refractivity contribution in [2.75, 3.05) is 4.90 Å². The second-order valence-corrected chi connectivity index (χ2v) is 10.2. The zero-order valence-electron chi connectivity index (χ0n) is 16.5. The molecule has 0 saturated heterocycles. The molecular formula is C23H18ClNO4S2. The number of sulfone groups is 1. The Hall–Kier alpha value is -2.87. The molecule has 5 nitrogen and oxygen atoms in total. The van der Waals surface area contributed by atoms with E-state index < -0.39 is 15.7 Å². The Morgan fingerprint density at radius 3 is 2.35 bits per heavy atom. The van der Waals surface area contributed by atoms with Gasteiger partial charge in [-0.2, -0.15) is 0 Å². The summed E-state index contributed by atoms with van der Waals surface area (Å²) >= 11 is 7.51. The maximum atomic E-state index is 13.3. The Bertz CT molecular complexity index is 1290. The van der Waals surface area contributed by atoms with E-state index in [0.29, 0.717) is 17.3 Å². The van der Waals surface area contributed by atoms with E-state index in [1.165, 1.54) is 40.5 Å². The molecule has 2 aromatic heterocycles. The van der Waals surface area contributed by atoms with E-state index in [2.05, 4.69) is 0 Å². The first-order chi connectivity index (χ1) is 14.8. The van der Waals surface area contributed by atoms with E-state index in [-0.39, 0.29) is 15.7 Å². The molecule has 158 valence electrons. The highest BCUT2D eigenvalue weighted by atomic mass is 35.5. The molecule has 2 heterocycles. The van der Waals surface area contributed by atoms with Gasteiger partial charge in [0.1, 0.15) is 0 Å². The third-order valence-electron chi connectivity index (χ3n) is 4.67. The van der Waals surface area contributed by atoms with Gasteiger partial charge < -0.3 is 9.32 Å². The predicted molar refractivity (Wildman–Crippen MR) is 122 cm³/mol. The molecule has 8 heteroatoms. The number of amides is 1. The molecule has 31 heavy (non-hydrogen) atoms. The van der Waals surface area contributed by atoms with Gasteiger partial charge in [-0.25, -0.2) is 8.42 Å². The zero-order valence-corrected chi connectivity index (χ0v) is 18.9. The van der Waals surface area contributed by atoms with Crippen LogP contribution in [0.2, 0.25) is 5.02 Å². The summed E-state index contributed by atoms with van der Waals surface area (Å²) < 4.78 is 31.3. The van der Waals surface area contributed by atoms with Crippen LogP contribution >= 0.6 is 22.9 Å². The summed E-state index contributed by atoms with van der Waals surface area (Å²) in [7, 11) is -3.87. The summed E-state index contributed by atoms with van der Waals surface area (Å²) in [4.78, 5) is 15.9. The molecule has 0 aliphatic heterocycles. The van der Waals surface area contributed by atoms with Gasteiger partial charge in [0, 0.05) is 15.6 Å². The van der Waals surface area contributed by atoms with Crippen LogP contribution in [0.15, 0.2) is 92.6 Å². The van der Waals surface area contributed by atoms with Crippen LogP contribution in [0.3, 0.4) is 0 Å². The molecule has 0 unspecified atom stereocenters. The second kappa shape index (κ2) is 8.70. The first kappa shape index (κ1) is 21.4. The molecule has 0 radical (unpaired) electrons. The van der Waals surface area contributed by atoms with Crippen molar-refractivity contribution >= 4 is 44.4 Å². The van der Waals surface area contributed by atoms with Crippen LogP contribution in [0.1, 0.15) is 21.0 Å². The summed E-state index contributed by atoms with van der Waals surface area (Å²) in [5.41, 5.74) is 1.57. The molecule has 0 N–H and O–H groups in total. The number of anilines is 1. The fourth-order valence-electron chi connectivity index (χ4n) is 3.01. The van der Waals surface area contributed by atoms with Crippen LogP contribution in [-0.2, 0) is 16.4 Å². The normalized spacial score (nSPS) is 11.4. The van der Waals surface area contributed by atoms with Crippen LogP contribution in [0.4, 0.5) is 5.69 Å². The first-order valence-corrected chi connectivity index (χ1v) is 12.1. The number of halogens is 1. The third kappa shape index (κ3) is 4.58. The van der Waals surface area contributed by atoms with Gasteiger partial charge in [-0.1, -0.05) is 35.4 Å². The number of furan rings is 1. The number of hydrogen-bond acceptors (Lipinski definition) is 5. The van der Waals surface area contributed by atoms with E-state index in [9.17, 15) is 13.2 Å². The molecule has 0 spiro atoms. The Kier molecular flexibility index (Phi) is 6.00. The van der Waals surface area contributed by atoms with Gasteiger partial charge in [0.15, 0.2) is 5.76 Å². The van der Waals surface area contributed by atoms with E-state index >= 15 is 0 Å². The number of nitrogens with zero attached hydrogens (tertiary/aromatic N) is 1. The molecular weight excluding hydrogens is 454 g/mol.